The van der Waals surface area contributed by atoms with Crippen LogP contribution in [0, 0.1) is 12.3 Å². The van der Waals surface area contributed by atoms with E-state index < -0.39 is 0 Å². The van der Waals surface area contributed by atoms with Crippen LogP contribution < -0.4 is 10.6 Å². The van der Waals surface area contributed by atoms with Gasteiger partial charge in [-0.15, -0.1) is 6.42 Å². The molecule has 0 saturated heterocycles. The van der Waals surface area contributed by atoms with Crippen LogP contribution in [0.1, 0.15) is 5.56 Å². The van der Waals surface area contributed by atoms with Crippen LogP contribution >= 0.6 is 0 Å². The van der Waals surface area contributed by atoms with Crippen molar-refractivity contribution in [1.82, 2.24) is 0 Å². The smallest absolute Gasteiger partial charge is 0.148 e. The highest BCUT2D eigenvalue weighted by Gasteiger charge is 1.91. The molecule has 3 nitrogen and oxygen atoms in total. The standard InChI is InChI=1S/C10H10N2O/c1-2-7-13-10-5-3-9(4-6-10)8-12-11/h1,3-6,8H,7,11H2/b12-8+. The minimum Gasteiger partial charge on any atom is -0.481 e. The first kappa shape index (κ1) is 9.14. The number of rotatable bonds is 3. The second kappa shape index (κ2) is 4.83. The first-order valence-electron chi connectivity index (χ1n) is 3.76. The SMILES string of the molecule is C#CCOc1ccc(/C=N/N)cc1. The van der Waals surface area contributed by atoms with Gasteiger partial charge in [0.05, 0.1) is 6.21 Å². The van der Waals surface area contributed by atoms with Crippen molar-refractivity contribution in [3.8, 4) is 18.1 Å². The maximum absolute atomic E-state index is 5.18. The van der Waals surface area contributed by atoms with Gasteiger partial charge in [0.15, 0.2) is 0 Å². The van der Waals surface area contributed by atoms with Gasteiger partial charge in [-0.3, -0.25) is 0 Å². The summed E-state index contributed by atoms with van der Waals surface area (Å²) in [7, 11) is 0. The molecule has 0 amide bonds. The van der Waals surface area contributed by atoms with E-state index in [4.69, 9.17) is 17.0 Å². The van der Waals surface area contributed by atoms with Crippen molar-refractivity contribution in [1.29, 1.82) is 0 Å². The van der Waals surface area contributed by atoms with E-state index in [1.54, 1.807) is 6.21 Å². The number of terminal acetylenes is 1. The Morgan fingerprint density at radius 3 is 2.69 bits per heavy atom. The van der Waals surface area contributed by atoms with Gasteiger partial charge in [-0.1, -0.05) is 5.92 Å². The number of ether oxygens (including phenoxy) is 1. The minimum atomic E-state index is 0.282. The molecule has 1 rings (SSSR count). The summed E-state index contributed by atoms with van der Waals surface area (Å²) in [5.41, 5.74) is 0.926. The molecule has 3 heteroatoms. The lowest BCUT2D eigenvalue weighted by atomic mass is 10.2. The highest BCUT2D eigenvalue weighted by atomic mass is 16.5. The van der Waals surface area contributed by atoms with E-state index >= 15 is 0 Å². The topological polar surface area (TPSA) is 47.6 Å². The predicted molar refractivity (Wildman–Crippen MR) is 52.6 cm³/mol. The van der Waals surface area contributed by atoms with Crippen molar-refractivity contribution >= 4 is 6.21 Å². The van der Waals surface area contributed by atoms with Gasteiger partial charge in [-0.2, -0.15) is 5.10 Å². The Bertz CT molecular complexity index is 322. The Labute approximate surface area is 77.2 Å². The number of benzene rings is 1. The van der Waals surface area contributed by atoms with Gasteiger partial charge < -0.3 is 10.6 Å². The van der Waals surface area contributed by atoms with Crippen LogP contribution in [0.5, 0.6) is 5.75 Å². The lowest BCUT2D eigenvalue weighted by Gasteiger charge is -2.01. The molecule has 1 aromatic rings. The number of nitrogens with zero attached hydrogens (tertiary/aromatic N) is 1. The summed E-state index contributed by atoms with van der Waals surface area (Å²) < 4.78 is 5.18. The summed E-state index contributed by atoms with van der Waals surface area (Å²) in [6, 6.07) is 7.33. The van der Waals surface area contributed by atoms with Crippen molar-refractivity contribution in [3.63, 3.8) is 0 Å². The van der Waals surface area contributed by atoms with Crippen LogP contribution in [0.15, 0.2) is 29.4 Å². The normalized spacial score (nSPS) is 9.77. The molecule has 0 unspecified atom stereocenters. The highest BCUT2D eigenvalue weighted by Crippen LogP contribution is 2.10. The summed E-state index contributed by atoms with van der Waals surface area (Å²) in [6.07, 6.45) is 6.60. The van der Waals surface area contributed by atoms with Crippen molar-refractivity contribution in [2.45, 2.75) is 0 Å². The second-order valence-electron chi connectivity index (χ2n) is 2.34. The Morgan fingerprint density at radius 1 is 1.46 bits per heavy atom. The van der Waals surface area contributed by atoms with Gasteiger partial charge in [-0.25, -0.2) is 0 Å². The van der Waals surface area contributed by atoms with Crippen LogP contribution in [0.3, 0.4) is 0 Å². The first-order valence-corrected chi connectivity index (χ1v) is 3.76. The van der Waals surface area contributed by atoms with Crippen LogP contribution in [0.2, 0.25) is 0 Å². The van der Waals surface area contributed by atoms with E-state index in [1.165, 1.54) is 0 Å². The molecule has 66 valence electrons. The Balaban J connectivity index is 2.65. The van der Waals surface area contributed by atoms with Gasteiger partial charge in [0.2, 0.25) is 0 Å². The fourth-order valence-electron chi connectivity index (χ4n) is 0.861. The summed E-state index contributed by atoms with van der Waals surface area (Å²) >= 11 is 0. The van der Waals surface area contributed by atoms with Crippen LogP contribution in [-0.4, -0.2) is 12.8 Å². The number of hydrogen-bond donors (Lipinski definition) is 1. The summed E-state index contributed by atoms with van der Waals surface area (Å²) in [5.74, 6) is 8.12. The monoisotopic (exact) mass is 174 g/mol. The third-order valence-corrected chi connectivity index (χ3v) is 1.43. The molecule has 1 aromatic carbocycles. The maximum atomic E-state index is 5.18. The maximum Gasteiger partial charge on any atom is 0.148 e. The van der Waals surface area contributed by atoms with E-state index in [9.17, 15) is 0 Å². The Kier molecular flexibility index (Phi) is 3.40. The third-order valence-electron chi connectivity index (χ3n) is 1.43. The molecule has 0 saturated carbocycles. The zero-order valence-electron chi connectivity index (χ0n) is 7.10. The molecule has 0 spiro atoms. The number of hydrogen-bond acceptors (Lipinski definition) is 3. The molecule has 2 N–H and O–H groups in total. The van der Waals surface area contributed by atoms with Gasteiger partial charge >= 0.3 is 0 Å². The van der Waals surface area contributed by atoms with Crippen molar-refractivity contribution in [2.24, 2.45) is 10.9 Å². The van der Waals surface area contributed by atoms with Gasteiger partial charge in [0.25, 0.3) is 0 Å². The second-order valence-corrected chi connectivity index (χ2v) is 2.34. The number of hydrazone groups is 1. The van der Waals surface area contributed by atoms with Gasteiger partial charge in [-0.05, 0) is 29.8 Å². The summed E-state index contributed by atoms with van der Waals surface area (Å²) in [4.78, 5) is 0. The Hall–Kier alpha value is -1.95. The van der Waals surface area contributed by atoms with E-state index in [-0.39, 0.29) is 6.61 Å². The molecule has 13 heavy (non-hydrogen) atoms. The quantitative estimate of drug-likeness (QED) is 0.321. The lowest BCUT2D eigenvalue weighted by Crippen LogP contribution is -1.93. The first-order chi connectivity index (χ1) is 6.36. The Morgan fingerprint density at radius 2 is 2.15 bits per heavy atom. The predicted octanol–water partition coefficient (Wildman–Crippen LogP) is 0.991. The van der Waals surface area contributed by atoms with Gasteiger partial charge in [0.1, 0.15) is 12.4 Å². The van der Waals surface area contributed by atoms with E-state index in [0.29, 0.717) is 0 Å². The molecule has 0 aliphatic carbocycles. The fourth-order valence-corrected chi connectivity index (χ4v) is 0.861. The number of nitrogens with two attached hydrogens (primary N) is 1. The molecule has 0 aromatic heterocycles. The largest absolute Gasteiger partial charge is 0.481 e. The molecule has 0 fully saturated rings. The fraction of sp³-hybridized carbons (Fsp3) is 0.100. The zero-order valence-corrected chi connectivity index (χ0v) is 7.10. The molecule has 0 atom stereocenters. The molecule has 0 bridgehead atoms. The van der Waals surface area contributed by atoms with E-state index in [2.05, 4.69) is 11.0 Å². The van der Waals surface area contributed by atoms with Crippen molar-refractivity contribution < 1.29 is 4.74 Å². The van der Waals surface area contributed by atoms with Crippen LogP contribution in [0.4, 0.5) is 0 Å². The molecule has 0 aliphatic rings. The van der Waals surface area contributed by atoms with Crippen LogP contribution in [-0.2, 0) is 0 Å². The summed E-state index contributed by atoms with van der Waals surface area (Å²) in [5, 5.41) is 3.40. The molecule has 0 heterocycles. The highest BCUT2D eigenvalue weighted by molar-refractivity contribution is 5.79. The average molecular weight is 174 g/mol. The van der Waals surface area contributed by atoms with E-state index in [1.807, 2.05) is 24.3 Å². The van der Waals surface area contributed by atoms with Gasteiger partial charge in [0, 0.05) is 0 Å². The molecular formula is C10H10N2O. The molecule has 0 aliphatic heterocycles. The van der Waals surface area contributed by atoms with Crippen molar-refractivity contribution in [2.75, 3.05) is 6.61 Å². The zero-order chi connectivity index (χ0) is 9.52. The summed E-state index contributed by atoms with van der Waals surface area (Å²) in [6.45, 7) is 0.282. The minimum absolute atomic E-state index is 0.282. The van der Waals surface area contributed by atoms with E-state index in [0.717, 1.165) is 11.3 Å². The molecular weight excluding hydrogens is 164 g/mol. The van der Waals surface area contributed by atoms with Crippen LogP contribution in [0.25, 0.3) is 0 Å². The van der Waals surface area contributed by atoms with Crippen molar-refractivity contribution in [3.05, 3.63) is 29.8 Å². The lowest BCUT2D eigenvalue weighted by molar-refractivity contribution is 0.370. The third kappa shape index (κ3) is 2.88. The molecule has 0 radical (unpaired) electrons. The average Bonchev–Trinajstić information content (AvgIpc) is 2.17.